The summed E-state index contributed by atoms with van der Waals surface area (Å²) in [5.74, 6) is -0.504. The summed E-state index contributed by atoms with van der Waals surface area (Å²) >= 11 is 4.56. The molecule has 0 atom stereocenters. The molecule has 0 aliphatic rings. The number of hydrogen-bond acceptors (Lipinski definition) is 6. The Hall–Kier alpha value is -2.72. The van der Waals surface area contributed by atoms with Gasteiger partial charge in [0.05, 0.1) is 23.7 Å². The maximum atomic E-state index is 12.1. The molecule has 150 valence electrons. The number of aryl methyl sites for hydroxylation is 2. The van der Waals surface area contributed by atoms with Crippen molar-refractivity contribution >= 4 is 45.2 Å². The molecule has 3 rings (SSSR count). The maximum absolute atomic E-state index is 12.1. The van der Waals surface area contributed by atoms with Crippen LogP contribution in [0.25, 0.3) is 5.69 Å². The van der Waals surface area contributed by atoms with E-state index in [9.17, 15) is 9.59 Å². The fraction of sp³-hybridized carbons (Fsp3) is 0.211. The van der Waals surface area contributed by atoms with Crippen LogP contribution in [0.15, 0.2) is 52.1 Å². The summed E-state index contributed by atoms with van der Waals surface area (Å²) in [5.41, 5.74) is 3.69. The van der Waals surface area contributed by atoms with Crippen LogP contribution in [-0.4, -0.2) is 44.3 Å². The highest BCUT2D eigenvalue weighted by atomic mass is 79.9. The van der Waals surface area contributed by atoms with Gasteiger partial charge < -0.3 is 10.6 Å². The van der Waals surface area contributed by atoms with E-state index in [1.54, 1.807) is 10.7 Å². The number of amides is 2. The first kappa shape index (κ1) is 21.0. The second kappa shape index (κ2) is 9.66. The minimum atomic E-state index is -0.310. The molecule has 2 aromatic carbocycles. The van der Waals surface area contributed by atoms with Crippen molar-refractivity contribution in [2.45, 2.75) is 19.0 Å². The minimum Gasteiger partial charge on any atom is -0.346 e. The summed E-state index contributed by atoms with van der Waals surface area (Å²) < 4.78 is 2.38. The van der Waals surface area contributed by atoms with E-state index in [4.69, 9.17) is 0 Å². The van der Waals surface area contributed by atoms with Crippen LogP contribution < -0.4 is 10.6 Å². The number of hydrogen-bond donors (Lipinski definition) is 2. The van der Waals surface area contributed by atoms with E-state index >= 15 is 0 Å². The molecule has 29 heavy (non-hydrogen) atoms. The van der Waals surface area contributed by atoms with Crippen molar-refractivity contribution in [2.75, 3.05) is 17.6 Å². The molecule has 0 saturated carbocycles. The SMILES string of the molecule is Cc1ccc(-n2nnnc2SCC(=O)NCC(=O)Nc2ccccc2Br)c(C)c1. The lowest BCUT2D eigenvalue weighted by molar-refractivity contribution is -0.122. The third-order valence-corrected chi connectivity index (χ3v) is 5.56. The second-order valence-electron chi connectivity index (χ2n) is 6.26. The first-order chi connectivity index (χ1) is 13.9. The molecule has 2 N–H and O–H groups in total. The second-order valence-corrected chi connectivity index (χ2v) is 8.05. The Morgan fingerprint density at radius 3 is 2.69 bits per heavy atom. The number of nitrogens with one attached hydrogen (secondary N) is 2. The van der Waals surface area contributed by atoms with Gasteiger partial charge in [0, 0.05) is 4.47 Å². The van der Waals surface area contributed by atoms with E-state index in [2.05, 4.69) is 42.1 Å². The van der Waals surface area contributed by atoms with Crippen molar-refractivity contribution in [1.29, 1.82) is 0 Å². The zero-order chi connectivity index (χ0) is 20.8. The van der Waals surface area contributed by atoms with Gasteiger partial charge >= 0.3 is 0 Å². The number of thioether (sulfide) groups is 1. The van der Waals surface area contributed by atoms with Gasteiger partial charge in [-0.1, -0.05) is 41.6 Å². The molecule has 0 radical (unpaired) electrons. The summed E-state index contributed by atoms with van der Waals surface area (Å²) in [5, 5.41) is 17.6. The minimum absolute atomic E-state index is 0.0909. The van der Waals surface area contributed by atoms with Gasteiger partial charge in [0.25, 0.3) is 0 Å². The van der Waals surface area contributed by atoms with Crippen LogP contribution in [0, 0.1) is 13.8 Å². The smallest absolute Gasteiger partial charge is 0.243 e. The predicted molar refractivity (Wildman–Crippen MR) is 115 cm³/mol. The topological polar surface area (TPSA) is 102 Å². The molecule has 10 heteroatoms. The molecular formula is C19H19BrN6O2S. The summed E-state index contributed by atoms with van der Waals surface area (Å²) in [4.78, 5) is 24.1. The Bertz CT molecular complexity index is 1040. The number of nitrogens with zero attached hydrogens (tertiary/aromatic N) is 4. The Labute approximate surface area is 180 Å². The number of tetrazole rings is 1. The third kappa shape index (κ3) is 5.64. The van der Waals surface area contributed by atoms with Crippen molar-refractivity contribution in [3.05, 3.63) is 58.1 Å². The van der Waals surface area contributed by atoms with E-state index < -0.39 is 0 Å². The van der Waals surface area contributed by atoms with Crippen LogP contribution in [0.3, 0.4) is 0 Å². The van der Waals surface area contributed by atoms with Crippen LogP contribution >= 0.6 is 27.7 Å². The van der Waals surface area contributed by atoms with E-state index in [0.717, 1.165) is 21.3 Å². The number of anilines is 1. The molecule has 0 unspecified atom stereocenters. The van der Waals surface area contributed by atoms with Gasteiger partial charge in [-0.25, -0.2) is 0 Å². The summed E-state index contributed by atoms with van der Waals surface area (Å²) in [6.45, 7) is 3.88. The number of halogens is 1. The largest absolute Gasteiger partial charge is 0.346 e. The first-order valence-electron chi connectivity index (χ1n) is 8.74. The van der Waals surface area contributed by atoms with Gasteiger partial charge in [-0.3, -0.25) is 9.59 Å². The summed E-state index contributed by atoms with van der Waals surface area (Å²) in [6.07, 6.45) is 0. The average Bonchev–Trinajstić information content (AvgIpc) is 3.15. The Morgan fingerprint density at radius 2 is 1.93 bits per heavy atom. The number of aromatic nitrogens is 4. The van der Waals surface area contributed by atoms with Crippen molar-refractivity contribution in [3.8, 4) is 5.69 Å². The summed E-state index contributed by atoms with van der Waals surface area (Å²) in [6, 6.07) is 13.2. The van der Waals surface area contributed by atoms with Crippen LogP contribution in [0.5, 0.6) is 0 Å². The van der Waals surface area contributed by atoms with Gasteiger partial charge in [0.2, 0.25) is 17.0 Å². The predicted octanol–water partition coefficient (Wildman–Crippen LogP) is 2.89. The lowest BCUT2D eigenvalue weighted by Crippen LogP contribution is -2.34. The van der Waals surface area contributed by atoms with Crippen LogP contribution in [-0.2, 0) is 9.59 Å². The third-order valence-electron chi connectivity index (χ3n) is 3.95. The van der Waals surface area contributed by atoms with Crippen molar-refractivity contribution < 1.29 is 9.59 Å². The number of benzene rings is 2. The molecule has 0 bridgehead atoms. The van der Waals surface area contributed by atoms with Crippen molar-refractivity contribution in [3.63, 3.8) is 0 Å². The van der Waals surface area contributed by atoms with Crippen molar-refractivity contribution in [1.82, 2.24) is 25.5 Å². The Balaban J connectivity index is 1.52. The zero-order valence-corrected chi connectivity index (χ0v) is 18.2. The first-order valence-corrected chi connectivity index (χ1v) is 10.5. The van der Waals surface area contributed by atoms with Gasteiger partial charge in [0.15, 0.2) is 0 Å². The molecule has 0 saturated heterocycles. The van der Waals surface area contributed by atoms with E-state index in [-0.39, 0.29) is 24.1 Å². The normalized spacial score (nSPS) is 10.6. The highest BCUT2D eigenvalue weighted by molar-refractivity contribution is 9.10. The summed E-state index contributed by atoms with van der Waals surface area (Å²) in [7, 11) is 0. The molecule has 0 aliphatic carbocycles. The molecule has 1 heterocycles. The maximum Gasteiger partial charge on any atom is 0.243 e. The lowest BCUT2D eigenvalue weighted by Gasteiger charge is -2.09. The fourth-order valence-corrected chi connectivity index (χ4v) is 3.68. The van der Waals surface area contributed by atoms with Gasteiger partial charge in [-0.15, -0.1) is 5.10 Å². The van der Waals surface area contributed by atoms with Gasteiger partial charge in [-0.05, 0) is 64.0 Å². The highest BCUT2D eigenvalue weighted by Gasteiger charge is 2.14. The molecule has 3 aromatic rings. The number of carbonyl (C=O) groups is 2. The van der Waals surface area contributed by atoms with E-state index in [1.165, 1.54) is 11.8 Å². The monoisotopic (exact) mass is 474 g/mol. The van der Waals surface area contributed by atoms with Crippen LogP contribution in [0.1, 0.15) is 11.1 Å². The zero-order valence-electron chi connectivity index (χ0n) is 15.8. The molecule has 0 spiro atoms. The molecular weight excluding hydrogens is 456 g/mol. The van der Waals surface area contributed by atoms with E-state index in [0.29, 0.717) is 10.8 Å². The highest BCUT2D eigenvalue weighted by Crippen LogP contribution is 2.22. The van der Waals surface area contributed by atoms with Crippen LogP contribution in [0.4, 0.5) is 5.69 Å². The molecule has 1 aromatic heterocycles. The van der Waals surface area contributed by atoms with E-state index in [1.807, 2.05) is 50.2 Å². The fourth-order valence-electron chi connectivity index (χ4n) is 2.58. The van der Waals surface area contributed by atoms with Gasteiger partial charge in [-0.2, -0.15) is 4.68 Å². The number of carbonyl (C=O) groups excluding carboxylic acids is 2. The standard InChI is InChI=1S/C19H19BrN6O2S/c1-12-7-8-16(13(2)9-12)26-19(23-24-25-26)29-11-18(28)21-10-17(27)22-15-6-4-3-5-14(15)20/h3-9H,10-11H2,1-2H3,(H,21,28)(H,22,27). The van der Waals surface area contributed by atoms with Crippen LogP contribution in [0.2, 0.25) is 0 Å². The molecule has 8 nitrogen and oxygen atoms in total. The molecule has 2 amide bonds. The number of para-hydroxylation sites is 1. The quantitative estimate of drug-likeness (QED) is 0.510. The Morgan fingerprint density at radius 1 is 1.14 bits per heavy atom. The lowest BCUT2D eigenvalue weighted by atomic mass is 10.1. The van der Waals surface area contributed by atoms with Crippen molar-refractivity contribution in [2.24, 2.45) is 0 Å². The number of rotatable bonds is 7. The molecule has 0 aliphatic heterocycles. The molecule has 0 fully saturated rings. The van der Waals surface area contributed by atoms with Gasteiger partial charge in [0.1, 0.15) is 0 Å². The Kier molecular flexibility index (Phi) is 6.99. The average molecular weight is 475 g/mol.